The summed E-state index contributed by atoms with van der Waals surface area (Å²) in [6, 6.07) is 42.9. The molecule has 0 heterocycles. The molecule has 0 bridgehead atoms. The molecule has 0 radical (unpaired) electrons. The van der Waals surface area contributed by atoms with Crippen LogP contribution in [0.3, 0.4) is 0 Å². The average Bonchev–Trinajstić information content (AvgIpc) is 3.77. The summed E-state index contributed by atoms with van der Waals surface area (Å²) in [5.41, 5.74) is 8.31. The van der Waals surface area contributed by atoms with E-state index in [2.05, 4.69) is 133 Å². The second-order valence-electron chi connectivity index (χ2n) is 12.0. The Labute approximate surface area is 303 Å². The van der Waals surface area contributed by atoms with Crippen LogP contribution in [0.4, 0.5) is 0 Å². The van der Waals surface area contributed by atoms with Crippen molar-refractivity contribution in [2.24, 2.45) is 0 Å². The van der Waals surface area contributed by atoms with Gasteiger partial charge in [-0.05, 0) is 0 Å². The van der Waals surface area contributed by atoms with Crippen molar-refractivity contribution in [3.8, 4) is 22.6 Å². The van der Waals surface area contributed by atoms with Crippen LogP contribution in [-0.4, -0.2) is 16.4 Å². The largest absolute Gasteiger partial charge is 1.00 e. The molecule has 0 atom stereocenters. The molecule has 0 saturated heterocycles. The van der Waals surface area contributed by atoms with Gasteiger partial charge in [-0.1, -0.05) is 0 Å². The van der Waals surface area contributed by atoms with Crippen LogP contribution in [-0.2, 0) is 27.7 Å². The molecule has 238 valence electrons. The molecule has 0 N–H and O–H groups in total. The molecule has 0 unspecified atom stereocenters. The Morgan fingerprint density at radius 1 is 0.646 bits per heavy atom. The molecule has 2 aliphatic carbocycles. The first-order valence-corrected chi connectivity index (χ1v) is 20.1. The molecule has 0 aromatic heterocycles. The van der Waals surface area contributed by atoms with E-state index in [1.807, 2.05) is 13.8 Å². The molecule has 2 nitrogen and oxygen atoms in total. The summed E-state index contributed by atoms with van der Waals surface area (Å²) in [6.45, 7) is 5.40. The molecule has 0 spiro atoms. The van der Waals surface area contributed by atoms with Gasteiger partial charge in [0.15, 0.2) is 0 Å². The fraction of sp³-hybridized carbons (Fsp3) is 0.140. The third-order valence-corrected chi connectivity index (χ3v) is 16.8. The number of ether oxygens (including phenoxy) is 2. The Morgan fingerprint density at radius 2 is 1.25 bits per heavy atom. The number of hydrogen-bond acceptors (Lipinski definition) is 2. The van der Waals surface area contributed by atoms with E-state index in [1.54, 1.807) is 6.55 Å². The number of rotatable bonds is 8. The minimum Gasteiger partial charge on any atom is -1.00 e. The van der Waals surface area contributed by atoms with Crippen molar-refractivity contribution in [2.45, 2.75) is 26.7 Å². The van der Waals surface area contributed by atoms with E-state index in [-0.39, 0.29) is 24.8 Å². The van der Waals surface area contributed by atoms with Crippen LogP contribution >= 0.6 is 0 Å². The van der Waals surface area contributed by atoms with Gasteiger partial charge >= 0.3 is 280 Å². The fourth-order valence-corrected chi connectivity index (χ4v) is 15.4. The first-order chi connectivity index (χ1) is 22.7. The smallest absolute Gasteiger partial charge is 1.00 e. The van der Waals surface area contributed by atoms with Crippen molar-refractivity contribution in [1.29, 1.82) is 0 Å². The van der Waals surface area contributed by atoms with Gasteiger partial charge < -0.3 is 24.8 Å². The monoisotopic (exact) mass is 744 g/mol. The van der Waals surface area contributed by atoms with Gasteiger partial charge in [-0.15, -0.1) is 0 Å². The molecule has 5 heteroatoms. The molecule has 0 aliphatic heterocycles. The molecule has 8 rings (SSSR count). The minimum absolute atomic E-state index is 0. The summed E-state index contributed by atoms with van der Waals surface area (Å²) < 4.78 is 16.4. The summed E-state index contributed by atoms with van der Waals surface area (Å²) in [4.78, 5) is 0. The summed E-state index contributed by atoms with van der Waals surface area (Å²) >= 11 is -2.86. The van der Waals surface area contributed by atoms with Gasteiger partial charge in [0.1, 0.15) is 0 Å². The van der Waals surface area contributed by atoms with Crippen LogP contribution in [0, 0.1) is 0 Å². The van der Waals surface area contributed by atoms with Gasteiger partial charge in [0.2, 0.25) is 0 Å². The van der Waals surface area contributed by atoms with Crippen LogP contribution in [0.15, 0.2) is 137 Å². The van der Waals surface area contributed by atoms with E-state index in [0.717, 1.165) is 24.3 Å². The third-order valence-electron chi connectivity index (χ3n) is 9.33. The quantitative estimate of drug-likeness (QED) is 0.221. The molecule has 2 aliphatic rings. The Hall–Kier alpha value is -3.75. The molecule has 6 aromatic rings. The van der Waals surface area contributed by atoms with Gasteiger partial charge in [-0.3, -0.25) is 0 Å². The van der Waals surface area contributed by atoms with Crippen molar-refractivity contribution in [3.05, 3.63) is 159 Å². The SMILES string of the molecule is CCOc1ccc([C](c2ccc(OCC)cc2)=[Zr+2]([C]2=CC=CC2)[c]2cccc3c2c2c(c4ccccc43)-c3ccccc3C2)cc1.[Cl-].[Cl-]. The van der Waals surface area contributed by atoms with Crippen LogP contribution in [0.5, 0.6) is 11.5 Å². The summed E-state index contributed by atoms with van der Waals surface area (Å²) in [5, 5.41) is 5.56. The van der Waals surface area contributed by atoms with Crippen molar-refractivity contribution in [1.82, 2.24) is 0 Å². The van der Waals surface area contributed by atoms with Crippen molar-refractivity contribution >= 4 is 28.0 Å². The molecular formula is C43H36Cl2O2Zr. The van der Waals surface area contributed by atoms with Gasteiger partial charge in [0.05, 0.1) is 0 Å². The van der Waals surface area contributed by atoms with Crippen LogP contribution in [0.2, 0.25) is 0 Å². The second kappa shape index (κ2) is 14.8. The molecule has 0 amide bonds. The van der Waals surface area contributed by atoms with E-state index in [9.17, 15) is 0 Å². The van der Waals surface area contributed by atoms with Gasteiger partial charge in [0.25, 0.3) is 0 Å². The van der Waals surface area contributed by atoms with E-state index in [0.29, 0.717) is 13.2 Å². The minimum atomic E-state index is -2.86. The van der Waals surface area contributed by atoms with Crippen molar-refractivity contribution in [2.75, 3.05) is 13.2 Å². The van der Waals surface area contributed by atoms with Crippen molar-refractivity contribution < 1.29 is 55.6 Å². The Kier molecular flexibility index (Phi) is 10.5. The number of fused-ring (bicyclic) bond motifs is 8. The molecule has 48 heavy (non-hydrogen) atoms. The van der Waals surface area contributed by atoms with Crippen LogP contribution < -0.4 is 37.6 Å². The van der Waals surface area contributed by atoms with Gasteiger partial charge in [-0.25, -0.2) is 0 Å². The van der Waals surface area contributed by atoms with Gasteiger partial charge in [0, 0.05) is 0 Å². The van der Waals surface area contributed by atoms with E-state index < -0.39 is 21.3 Å². The number of hydrogen-bond donors (Lipinski definition) is 0. The van der Waals surface area contributed by atoms with E-state index in [4.69, 9.17) is 9.47 Å². The maximum absolute atomic E-state index is 5.88. The third kappa shape index (κ3) is 6.02. The molecule has 6 aromatic carbocycles. The van der Waals surface area contributed by atoms with Crippen LogP contribution in [0.1, 0.15) is 42.5 Å². The Morgan fingerprint density at radius 3 is 1.88 bits per heavy atom. The zero-order valence-electron chi connectivity index (χ0n) is 27.1. The number of allylic oxidation sites excluding steroid dienone is 4. The van der Waals surface area contributed by atoms with E-state index >= 15 is 0 Å². The predicted octanol–water partition coefficient (Wildman–Crippen LogP) is 3.73. The van der Waals surface area contributed by atoms with Gasteiger partial charge in [-0.2, -0.15) is 0 Å². The number of benzene rings is 6. The zero-order valence-corrected chi connectivity index (χ0v) is 31.1. The molecular weight excluding hydrogens is 711 g/mol. The Bertz CT molecular complexity index is 2160. The van der Waals surface area contributed by atoms with E-state index in [1.165, 1.54) is 58.1 Å². The topological polar surface area (TPSA) is 18.5 Å². The van der Waals surface area contributed by atoms with Crippen molar-refractivity contribution in [3.63, 3.8) is 0 Å². The summed E-state index contributed by atoms with van der Waals surface area (Å²) in [7, 11) is 0. The summed E-state index contributed by atoms with van der Waals surface area (Å²) in [5.74, 6) is 1.83. The standard InChI is InChI=1S/C21H13.C17H18O2.C5H5.2ClH.Zr/c1-2-8-15-14(7-1)13-20-18-11-4-3-9-16(18)17-10-5-6-12-19(17)21(15)20;1-3-18-16-9-5-14(6-10-16)13-15-7-11-17(12-8-15)19-4-2;1-2-4-5-3-1;;;/h1-10,12H,13H2;5-12H,3-4H2,1-2H3;1-3H,4H2;2*1H;/q;;;;;+2/p-2. The zero-order chi connectivity index (χ0) is 31.0. The predicted molar refractivity (Wildman–Crippen MR) is 190 cm³/mol. The first-order valence-electron chi connectivity index (χ1n) is 16.4. The average molecular weight is 747 g/mol. The molecule has 0 fully saturated rings. The Balaban J connectivity index is 0.00000201. The fourth-order valence-electron chi connectivity index (χ4n) is 7.45. The maximum Gasteiger partial charge on any atom is -1.00 e. The summed E-state index contributed by atoms with van der Waals surface area (Å²) in [6.07, 6.45) is 9.01. The van der Waals surface area contributed by atoms with Crippen LogP contribution in [0.25, 0.3) is 32.7 Å². The normalized spacial score (nSPS) is 12.3. The first kappa shape index (κ1) is 34.1. The number of halogens is 2. The molecule has 0 saturated carbocycles. The second-order valence-corrected chi connectivity index (χ2v) is 17.9. The maximum atomic E-state index is 5.88.